The lowest BCUT2D eigenvalue weighted by atomic mass is 10.0. The maximum Gasteiger partial charge on any atom is 0.0717 e. The highest BCUT2D eigenvalue weighted by Gasteiger charge is 2.01. The average Bonchev–Trinajstić information content (AvgIpc) is 2.30. The number of nitrogens with zero attached hydrogens (tertiary/aromatic N) is 2. The molecule has 0 bridgehead atoms. The minimum Gasteiger partial charge on any atom is -0.264 e. The molecule has 2 aromatic rings. The predicted molar refractivity (Wildman–Crippen MR) is 61.6 cm³/mol. The number of pyridine rings is 2. The highest BCUT2D eigenvalue weighted by atomic mass is 14.7. The summed E-state index contributed by atoms with van der Waals surface area (Å²) >= 11 is 0. The van der Waals surface area contributed by atoms with E-state index in [4.69, 9.17) is 0 Å². The van der Waals surface area contributed by atoms with Gasteiger partial charge in [0.25, 0.3) is 0 Å². The topological polar surface area (TPSA) is 25.8 Å². The molecule has 0 spiro atoms. The van der Waals surface area contributed by atoms with Crippen molar-refractivity contribution in [3.05, 3.63) is 48.4 Å². The Morgan fingerprint density at radius 3 is 2.47 bits per heavy atom. The van der Waals surface area contributed by atoms with Crippen LogP contribution in [0.2, 0.25) is 0 Å². The quantitative estimate of drug-likeness (QED) is 0.740. The van der Waals surface area contributed by atoms with Gasteiger partial charge in [0.2, 0.25) is 0 Å². The minimum absolute atomic E-state index is 0.528. The van der Waals surface area contributed by atoms with Gasteiger partial charge in [-0.1, -0.05) is 19.9 Å². The smallest absolute Gasteiger partial charge is 0.0717 e. The molecule has 0 aromatic carbocycles. The Morgan fingerprint density at radius 1 is 1.07 bits per heavy atom. The summed E-state index contributed by atoms with van der Waals surface area (Å²) in [7, 11) is 0. The van der Waals surface area contributed by atoms with Crippen molar-refractivity contribution < 1.29 is 0 Å². The first-order valence-electron chi connectivity index (χ1n) is 5.13. The maximum absolute atomic E-state index is 4.43. The largest absolute Gasteiger partial charge is 0.264 e. The van der Waals surface area contributed by atoms with Crippen molar-refractivity contribution in [2.75, 3.05) is 0 Å². The van der Waals surface area contributed by atoms with Crippen LogP contribution in [0, 0.1) is 0 Å². The number of hydrogen-bond donors (Lipinski definition) is 0. The van der Waals surface area contributed by atoms with Gasteiger partial charge in [0, 0.05) is 24.2 Å². The summed E-state index contributed by atoms with van der Waals surface area (Å²) in [4.78, 5) is 8.51. The van der Waals surface area contributed by atoms with Gasteiger partial charge >= 0.3 is 0 Å². The predicted octanol–water partition coefficient (Wildman–Crippen LogP) is 3.27. The van der Waals surface area contributed by atoms with Crippen LogP contribution in [0.15, 0.2) is 42.9 Å². The third-order valence-corrected chi connectivity index (χ3v) is 2.41. The first kappa shape index (κ1) is 9.84. The van der Waals surface area contributed by atoms with Crippen LogP contribution in [0.3, 0.4) is 0 Å². The second-order valence-electron chi connectivity index (χ2n) is 3.87. The summed E-state index contributed by atoms with van der Waals surface area (Å²) in [6.45, 7) is 4.33. The number of hydrogen-bond acceptors (Lipinski definition) is 2. The lowest BCUT2D eigenvalue weighted by Gasteiger charge is -2.05. The molecule has 76 valence electrons. The fourth-order valence-electron chi connectivity index (χ4n) is 1.43. The molecule has 2 heterocycles. The van der Waals surface area contributed by atoms with Gasteiger partial charge in [-0.3, -0.25) is 9.97 Å². The van der Waals surface area contributed by atoms with E-state index in [0.717, 1.165) is 11.3 Å². The van der Waals surface area contributed by atoms with Gasteiger partial charge in [-0.2, -0.15) is 0 Å². The molecule has 0 atom stereocenters. The molecule has 2 heteroatoms. The van der Waals surface area contributed by atoms with Gasteiger partial charge in [0.1, 0.15) is 0 Å². The van der Waals surface area contributed by atoms with E-state index in [1.807, 2.05) is 30.6 Å². The van der Waals surface area contributed by atoms with Crippen LogP contribution in [0.5, 0.6) is 0 Å². The van der Waals surface area contributed by atoms with Crippen molar-refractivity contribution >= 4 is 0 Å². The van der Waals surface area contributed by atoms with Crippen LogP contribution < -0.4 is 0 Å². The van der Waals surface area contributed by atoms with Crippen LogP contribution in [0.4, 0.5) is 0 Å². The maximum atomic E-state index is 4.43. The second-order valence-corrected chi connectivity index (χ2v) is 3.87. The van der Waals surface area contributed by atoms with Crippen LogP contribution in [0.25, 0.3) is 11.3 Å². The standard InChI is InChI=1S/C13H14N2/c1-10(2)11-5-6-13(15-9-11)12-4-3-7-14-8-12/h3-10H,1-2H3. The summed E-state index contributed by atoms with van der Waals surface area (Å²) in [5, 5.41) is 0. The molecule has 15 heavy (non-hydrogen) atoms. The summed E-state index contributed by atoms with van der Waals surface area (Å²) in [6, 6.07) is 8.12. The molecule has 0 aliphatic heterocycles. The molecule has 0 fully saturated rings. The van der Waals surface area contributed by atoms with E-state index in [1.165, 1.54) is 5.56 Å². The highest BCUT2D eigenvalue weighted by molar-refractivity contribution is 5.57. The van der Waals surface area contributed by atoms with Crippen molar-refractivity contribution in [1.82, 2.24) is 9.97 Å². The summed E-state index contributed by atoms with van der Waals surface area (Å²) in [5.74, 6) is 0.528. The van der Waals surface area contributed by atoms with Crippen molar-refractivity contribution in [3.63, 3.8) is 0 Å². The molecule has 2 nitrogen and oxygen atoms in total. The zero-order chi connectivity index (χ0) is 10.7. The Hall–Kier alpha value is -1.70. The second kappa shape index (κ2) is 4.22. The zero-order valence-corrected chi connectivity index (χ0v) is 9.01. The van der Waals surface area contributed by atoms with Crippen LogP contribution >= 0.6 is 0 Å². The molecule has 0 saturated heterocycles. The fourth-order valence-corrected chi connectivity index (χ4v) is 1.43. The third-order valence-electron chi connectivity index (χ3n) is 2.41. The minimum atomic E-state index is 0.528. The van der Waals surface area contributed by atoms with Gasteiger partial charge in [-0.25, -0.2) is 0 Å². The Morgan fingerprint density at radius 2 is 1.93 bits per heavy atom. The molecule has 0 unspecified atom stereocenters. The van der Waals surface area contributed by atoms with Gasteiger partial charge in [-0.15, -0.1) is 0 Å². The summed E-state index contributed by atoms with van der Waals surface area (Å²) in [6.07, 6.45) is 5.54. The van der Waals surface area contributed by atoms with Crippen molar-refractivity contribution in [1.29, 1.82) is 0 Å². The van der Waals surface area contributed by atoms with E-state index < -0.39 is 0 Å². The Labute approximate surface area is 90.0 Å². The molecular formula is C13H14N2. The van der Waals surface area contributed by atoms with Crippen LogP contribution in [-0.4, -0.2) is 9.97 Å². The molecule has 0 radical (unpaired) electrons. The van der Waals surface area contributed by atoms with Gasteiger partial charge in [0.15, 0.2) is 0 Å². The van der Waals surface area contributed by atoms with E-state index in [2.05, 4.69) is 29.9 Å². The van der Waals surface area contributed by atoms with Crippen LogP contribution in [-0.2, 0) is 0 Å². The molecule has 0 aliphatic rings. The highest BCUT2D eigenvalue weighted by Crippen LogP contribution is 2.18. The van der Waals surface area contributed by atoms with Crippen molar-refractivity contribution in [2.45, 2.75) is 19.8 Å². The zero-order valence-electron chi connectivity index (χ0n) is 9.01. The van der Waals surface area contributed by atoms with Crippen molar-refractivity contribution in [2.24, 2.45) is 0 Å². The van der Waals surface area contributed by atoms with Crippen molar-refractivity contribution in [3.8, 4) is 11.3 Å². The summed E-state index contributed by atoms with van der Waals surface area (Å²) in [5.41, 5.74) is 3.31. The van der Waals surface area contributed by atoms with E-state index in [9.17, 15) is 0 Å². The Kier molecular flexibility index (Phi) is 2.77. The Bertz CT molecular complexity index is 418. The van der Waals surface area contributed by atoms with E-state index >= 15 is 0 Å². The number of rotatable bonds is 2. The lowest BCUT2D eigenvalue weighted by Crippen LogP contribution is -1.90. The average molecular weight is 198 g/mol. The molecule has 2 aromatic heterocycles. The molecule has 2 rings (SSSR count). The fraction of sp³-hybridized carbons (Fsp3) is 0.231. The van der Waals surface area contributed by atoms with Gasteiger partial charge in [0.05, 0.1) is 5.69 Å². The first-order chi connectivity index (χ1) is 7.27. The number of aromatic nitrogens is 2. The Balaban J connectivity index is 2.32. The third kappa shape index (κ3) is 2.21. The lowest BCUT2D eigenvalue weighted by molar-refractivity contribution is 0.859. The van der Waals surface area contributed by atoms with E-state index in [-0.39, 0.29) is 0 Å². The monoisotopic (exact) mass is 198 g/mol. The van der Waals surface area contributed by atoms with Gasteiger partial charge < -0.3 is 0 Å². The van der Waals surface area contributed by atoms with E-state index in [0.29, 0.717) is 5.92 Å². The molecule has 0 saturated carbocycles. The first-order valence-corrected chi connectivity index (χ1v) is 5.13. The van der Waals surface area contributed by atoms with E-state index in [1.54, 1.807) is 6.20 Å². The molecular weight excluding hydrogens is 184 g/mol. The van der Waals surface area contributed by atoms with Crippen LogP contribution in [0.1, 0.15) is 25.3 Å². The molecule has 0 N–H and O–H groups in total. The molecule has 0 aliphatic carbocycles. The molecule has 0 amide bonds. The SMILES string of the molecule is CC(C)c1ccc(-c2cccnc2)nc1. The normalized spacial score (nSPS) is 10.6. The van der Waals surface area contributed by atoms with Gasteiger partial charge in [-0.05, 0) is 29.7 Å². The summed E-state index contributed by atoms with van der Waals surface area (Å²) < 4.78 is 0.